The Morgan fingerprint density at radius 2 is 2.21 bits per heavy atom. The molecule has 0 aliphatic heterocycles. The summed E-state index contributed by atoms with van der Waals surface area (Å²) in [5.41, 5.74) is 0. The topological polar surface area (TPSA) is 52.8 Å². The number of rotatable bonds is 2. The van der Waals surface area contributed by atoms with Gasteiger partial charge in [-0.3, -0.25) is 4.68 Å². The van der Waals surface area contributed by atoms with E-state index in [1.54, 1.807) is 36.3 Å². The maximum absolute atomic E-state index is 5.57. The highest BCUT2D eigenvalue weighted by molar-refractivity contribution is 6.29. The highest BCUT2D eigenvalue weighted by atomic mass is 35.5. The Balaban J connectivity index is 2.15. The Hall–Kier alpha value is -1.62. The average Bonchev–Trinajstić information content (AvgIpc) is 2.56. The monoisotopic (exact) mass is 210 g/mol. The van der Waals surface area contributed by atoms with Crippen LogP contribution in [0.1, 0.15) is 0 Å². The second-order valence-electron chi connectivity index (χ2n) is 2.65. The third kappa shape index (κ3) is 2.00. The van der Waals surface area contributed by atoms with E-state index in [-0.39, 0.29) is 0 Å². The Morgan fingerprint density at radius 1 is 1.36 bits per heavy atom. The van der Waals surface area contributed by atoms with Crippen LogP contribution in [0.15, 0.2) is 24.5 Å². The van der Waals surface area contributed by atoms with Crippen LogP contribution >= 0.6 is 11.6 Å². The molecule has 2 rings (SSSR count). The van der Waals surface area contributed by atoms with Crippen LogP contribution in [0.5, 0.6) is 11.6 Å². The molecule has 6 heteroatoms. The molecule has 14 heavy (non-hydrogen) atoms. The normalized spacial score (nSPS) is 10.1. The second-order valence-corrected chi connectivity index (χ2v) is 3.03. The smallest absolute Gasteiger partial charge is 0.239 e. The summed E-state index contributed by atoms with van der Waals surface area (Å²) in [6.45, 7) is 0. The van der Waals surface area contributed by atoms with Crippen LogP contribution < -0.4 is 4.74 Å². The Bertz CT molecular complexity index is 425. The van der Waals surface area contributed by atoms with Crippen LogP contribution in [-0.4, -0.2) is 20.0 Å². The first kappa shape index (κ1) is 8.96. The molecule has 0 fully saturated rings. The lowest BCUT2D eigenvalue weighted by atomic mass is 10.5. The van der Waals surface area contributed by atoms with Crippen LogP contribution in [-0.2, 0) is 7.05 Å². The van der Waals surface area contributed by atoms with Gasteiger partial charge in [-0.15, -0.1) is 10.2 Å². The summed E-state index contributed by atoms with van der Waals surface area (Å²) in [5, 5.41) is 11.7. The first-order valence-corrected chi connectivity index (χ1v) is 4.27. The molecule has 0 spiro atoms. The molecule has 0 atom stereocenters. The van der Waals surface area contributed by atoms with Crippen molar-refractivity contribution in [2.75, 3.05) is 0 Å². The SMILES string of the molecule is Cn1cc(Oc2ccc(Cl)nn2)cn1. The van der Waals surface area contributed by atoms with E-state index < -0.39 is 0 Å². The van der Waals surface area contributed by atoms with Crippen molar-refractivity contribution >= 4 is 11.6 Å². The fourth-order valence-corrected chi connectivity index (χ4v) is 1.03. The molecule has 5 nitrogen and oxygen atoms in total. The number of aryl methyl sites for hydroxylation is 1. The zero-order chi connectivity index (χ0) is 9.97. The molecular formula is C8H7ClN4O. The van der Waals surface area contributed by atoms with Gasteiger partial charge in [-0.1, -0.05) is 11.6 Å². The summed E-state index contributed by atoms with van der Waals surface area (Å²) in [4.78, 5) is 0. The standard InChI is InChI=1S/C8H7ClN4O/c1-13-5-6(4-10-13)14-8-3-2-7(9)11-12-8/h2-5H,1H3. The zero-order valence-electron chi connectivity index (χ0n) is 7.38. The average molecular weight is 211 g/mol. The van der Waals surface area contributed by atoms with Crippen molar-refractivity contribution < 1.29 is 4.74 Å². The number of halogens is 1. The summed E-state index contributed by atoms with van der Waals surface area (Å²) in [6, 6.07) is 3.25. The summed E-state index contributed by atoms with van der Waals surface area (Å²) < 4.78 is 6.98. The van der Waals surface area contributed by atoms with Gasteiger partial charge in [0.05, 0.1) is 12.4 Å². The van der Waals surface area contributed by atoms with Crippen molar-refractivity contribution in [3.8, 4) is 11.6 Å². The van der Waals surface area contributed by atoms with Gasteiger partial charge in [-0.05, 0) is 6.07 Å². The van der Waals surface area contributed by atoms with E-state index in [0.717, 1.165) is 0 Å². The van der Waals surface area contributed by atoms with Gasteiger partial charge in [0, 0.05) is 13.1 Å². The van der Waals surface area contributed by atoms with Gasteiger partial charge >= 0.3 is 0 Å². The number of ether oxygens (including phenoxy) is 1. The summed E-state index contributed by atoms with van der Waals surface area (Å²) in [6.07, 6.45) is 3.33. The fraction of sp³-hybridized carbons (Fsp3) is 0.125. The van der Waals surface area contributed by atoms with Gasteiger partial charge in [0.2, 0.25) is 5.88 Å². The van der Waals surface area contributed by atoms with E-state index in [9.17, 15) is 0 Å². The van der Waals surface area contributed by atoms with Gasteiger partial charge in [0.15, 0.2) is 10.9 Å². The summed E-state index contributed by atoms with van der Waals surface area (Å²) >= 11 is 5.57. The summed E-state index contributed by atoms with van der Waals surface area (Å²) in [5.74, 6) is 1.01. The number of nitrogens with zero attached hydrogens (tertiary/aromatic N) is 4. The quantitative estimate of drug-likeness (QED) is 0.757. The van der Waals surface area contributed by atoms with Gasteiger partial charge in [-0.2, -0.15) is 5.10 Å². The van der Waals surface area contributed by atoms with Crippen molar-refractivity contribution in [2.45, 2.75) is 0 Å². The zero-order valence-corrected chi connectivity index (χ0v) is 8.14. The molecule has 0 aliphatic rings. The van der Waals surface area contributed by atoms with Gasteiger partial charge < -0.3 is 4.74 Å². The van der Waals surface area contributed by atoms with Crippen molar-refractivity contribution in [3.63, 3.8) is 0 Å². The number of hydrogen-bond donors (Lipinski definition) is 0. The molecule has 2 aromatic rings. The molecule has 72 valence electrons. The van der Waals surface area contributed by atoms with Crippen LogP contribution in [0.25, 0.3) is 0 Å². The van der Waals surface area contributed by atoms with E-state index in [2.05, 4.69) is 15.3 Å². The van der Waals surface area contributed by atoms with E-state index in [1.165, 1.54) is 0 Å². The first-order chi connectivity index (χ1) is 6.74. The van der Waals surface area contributed by atoms with E-state index in [4.69, 9.17) is 16.3 Å². The number of hydrogen-bond acceptors (Lipinski definition) is 4. The molecule has 2 heterocycles. The minimum atomic E-state index is 0.337. The Kier molecular flexibility index (Phi) is 2.32. The Labute approximate surface area is 85.3 Å². The van der Waals surface area contributed by atoms with Crippen LogP contribution in [0.3, 0.4) is 0 Å². The van der Waals surface area contributed by atoms with Crippen molar-refractivity contribution in [1.29, 1.82) is 0 Å². The van der Waals surface area contributed by atoms with Crippen LogP contribution in [0, 0.1) is 0 Å². The molecule has 0 amide bonds. The second kappa shape index (κ2) is 3.63. The van der Waals surface area contributed by atoms with E-state index in [1.807, 2.05) is 0 Å². The van der Waals surface area contributed by atoms with Crippen molar-refractivity contribution in [3.05, 3.63) is 29.7 Å². The van der Waals surface area contributed by atoms with Crippen LogP contribution in [0.2, 0.25) is 5.15 Å². The maximum atomic E-state index is 5.57. The summed E-state index contributed by atoms with van der Waals surface area (Å²) in [7, 11) is 1.81. The molecule has 0 N–H and O–H groups in total. The van der Waals surface area contributed by atoms with Crippen molar-refractivity contribution in [2.24, 2.45) is 7.05 Å². The molecule has 0 saturated carbocycles. The maximum Gasteiger partial charge on any atom is 0.239 e. The largest absolute Gasteiger partial charge is 0.434 e. The lowest BCUT2D eigenvalue weighted by Crippen LogP contribution is -1.89. The van der Waals surface area contributed by atoms with Gasteiger partial charge in [0.1, 0.15) is 0 Å². The minimum Gasteiger partial charge on any atom is -0.434 e. The molecular weight excluding hydrogens is 204 g/mol. The lowest BCUT2D eigenvalue weighted by molar-refractivity contribution is 0.454. The molecule has 0 radical (unpaired) electrons. The molecule has 0 aliphatic carbocycles. The van der Waals surface area contributed by atoms with E-state index in [0.29, 0.717) is 16.8 Å². The van der Waals surface area contributed by atoms with Crippen molar-refractivity contribution in [1.82, 2.24) is 20.0 Å². The number of aromatic nitrogens is 4. The molecule has 0 bridgehead atoms. The lowest BCUT2D eigenvalue weighted by Gasteiger charge is -1.98. The molecule has 0 unspecified atom stereocenters. The molecule has 2 aromatic heterocycles. The van der Waals surface area contributed by atoms with Gasteiger partial charge in [0.25, 0.3) is 0 Å². The molecule has 0 aromatic carbocycles. The molecule has 0 saturated heterocycles. The van der Waals surface area contributed by atoms with Crippen LogP contribution in [0.4, 0.5) is 0 Å². The van der Waals surface area contributed by atoms with Gasteiger partial charge in [-0.25, -0.2) is 0 Å². The first-order valence-electron chi connectivity index (χ1n) is 3.90. The van der Waals surface area contributed by atoms with E-state index >= 15 is 0 Å². The third-order valence-electron chi connectivity index (χ3n) is 1.51. The highest BCUT2D eigenvalue weighted by Crippen LogP contribution is 2.17. The third-order valence-corrected chi connectivity index (χ3v) is 1.71. The highest BCUT2D eigenvalue weighted by Gasteiger charge is 2.00. The Morgan fingerprint density at radius 3 is 2.79 bits per heavy atom. The predicted octanol–water partition coefficient (Wildman–Crippen LogP) is 1.66. The predicted molar refractivity (Wildman–Crippen MR) is 50.3 cm³/mol. The minimum absolute atomic E-state index is 0.337. The fourth-order valence-electron chi connectivity index (χ4n) is 0.930.